The van der Waals surface area contributed by atoms with Crippen LogP contribution in [-0.2, 0) is 9.53 Å². The first kappa shape index (κ1) is 25.1. The molecule has 0 aromatic heterocycles. The Morgan fingerprint density at radius 2 is 1.82 bits per heavy atom. The molecule has 0 spiro atoms. The second kappa shape index (κ2) is 9.54. The molecule has 4 rings (SSSR count). The molecule has 186 valence electrons. The largest absolute Gasteiger partial charge is 0.463 e. The third-order valence-electron chi connectivity index (χ3n) is 11.0. The minimum Gasteiger partial charge on any atom is -0.463 e. The Bertz CT molecular complexity index is 791. The number of allylic oxidation sites excluding steroid dienone is 4. The van der Waals surface area contributed by atoms with E-state index in [0.29, 0.717) is 16.7 Å². The fourth-order valence-electron chi connectivity index (χ4n) is 8.83. The molecule has 0 N–H and O–H groups in total. The van der Waals surface area contributed by atoms with E-state index in [4.69, 9.17) is 4.74 Å². The molecular formula is C31H50O2. The number of ether oxygens (including phenoxy) is 1. The molecule has 0 saturated heterocycles. The molecule has 2 nitrogen and oxygen atoms in total. The van der Waals surface area contributed by atoms with Gasteiger partial charge in [-0.3, -0.25) is 4.79 Å². The van der Waals surface area contributed by atoms with Gasteiger partial charge in [0.15, 0.2) is 0 Å². The molecule has 33 heavy (non-hydrogen) atoms. The van der Waals surface area contributed by atoms with Crippen LogP contribution in [0.1, 0.15) is 113 Å². The maximum absolute atomic E-state index is 11.5. The highest BCUT2D eigenvalue weighted by Crippen LogP contribution is 2.65. The van der Waals surface area contributed by atoms with E-state index in [1.54, 1.807) is 18.1 Å². The van der Waals surface area contributed by atoms with Crippen LogP contribution >= 0.6 is 0 Å². The van der Waals surface area contributed by atoms with Crippen LogP contribution in [0.2, 0.25) is 0 Å². The molecule has 2 heteroatoms. The van der Waals surface area contributed by atoms with Crippen LogP contribution in [0.3, 0.4) is 0 Å². The molecule has 4 aliphatic carbocycles. The fraction of sp³-hybridized carbons (Fsp3) is 0.839. The van der Waals surface area contributed by atoms with Crippen LogP contribution in [0.4, 0.5) is 0 Å². The van der Waals surface area contributed by atoms with Crippen molar-refractivity contribution in [3.05, 3.63) is 23.3 Å². The molecule has 0 heterocycles. The van der Waals surface area contributed by atoms with Crippen molar-refractivity contribution in [2.24, 2.45) is 46.3 Å². The van der Waals surface area contributed by atoms with E-state index in [1.807, 2.05) is 0 Å². The van der Waals surface area contributed by atoms with Crippen LogP contribution in [0.5, 0.6) is 0 Å². The molecule has 0 bridgehead atoms. The first-order valence-electron chi connectivity index (χ1n) is 14.2. The lowest BCUT2D eigenvalue weighted by molar-refractivity contribution is -0.152. The van der Waals surface area contributed by atoms with E-state index in [1.165, 1.54) is 51.4 Å². The fourth-order valence-corrected chi connectivity index (χ4v) is 8.83. The van der Waals surface area contributed by atoms with Crippen molar-refractivity contribution in [3.63, 3.8) is 0 Å². The van der Waals surface area contributed by atoms with Crippen molar-refractivity contribution < 1.29 is 9.53 Å². The summed E-state index contributed by atoms with van der Waals surface area (Å²) in [4.78, 5) is 11.5. The highest BCUT2D eigenvalue weighted by atomic mass is 16.5. The SMILES string of the molecule is CC[C@H](CC[C@@H](C)C1=CC[C@H]2C3=CCC4CC(OC(C)=O)CC[C@]4(C)[C@H]3CC[C@]12C)C(C)C. The zero-order valence-corrected chi connectivity index (χ0v) is 22.6. The van der Waals surface area contributed by atoms with Gasteiger partial charge in [0, 0.05) is 6.92 Å². The highest BCUT2D eigenvalue weighted by molar-refractivity contribution is 5.66. The first-order valence-corrected chi connectivity index (χ1v) is 14.2. The second-order valence-electron chi connectivity index (χ2n) is 13.0. The number of hydrogen-bond donors (Lipinski definition) is 0. The Kier molecular flexibility index (Phi) is 7.24. The average Bonchev–Trinajstić information content (AvgIpc) is 3.11. The average molecular weight is 455 g/mol. The van der Waals surface area contributed by atoms with Crippen LogP contribution < -0.4 is 0 Å². The van der Waals surface area contributed by atoms with Gasteiger partial charge < -0.3 is 4.74 Å². The maximum Gasteiger partial charge on any atom is 0.302 e. The number of carbonyl (C=O) groups excluding carboxylic acids is 1. The summed E-state index contributed by atoms with van der Waals surface area (Å²) in [5, 5.41) is 0. The molecule has 0 radical (unpaired) electrons. The minimum absolute atomic E-state index is 0.110. The van der Waals surface area contributed by atoms with Crippen molar-refractivity contribution in [1.82, 2.24) is 0 Å². The number of hydrogen-bond acceptors (Lipinski definition) is 2. The van der Waals surface area contributed by atoms with Gasteiger partial charge in [-0.1, -0.05) is 71.3 Å². The monoisotopic (exact) mass is 454 g/mol. The van der Waals surface area contributed by atoms with E-state index in [9.17, 15) is 4.79 Å². The Hall–Kier alpha value is -1.05. The Morgan fingerprint density at radius 3 is 2.48 bits per heavy atom. The number of esters is 1. The Balaban J connectivity index is 1.47. The van der Waals surface area contributed by atoms with Crippen LogP contribution in [-0.4, -0.2) is 12.1 Å². The third-order valence-corrected chi connectivity index (χ3v) is 11.0. The predicted molar refractivity (Wildman–Crippen MR) is 138 cm³/mol. The van der Waals surface area contributed by atoms with E-state index >= 15 is 0 Å². The van der Waals surface area contributed by atoms with E-state index < -0.39 is 0 Å². The maximum atomic E-state index is 11.5. The lowest BCUT2D eigenvalue weighted by atomic mass is 9.47. The van der Waals surface area contributed by atoms with Gasteiger partial charge in [0.1, 0.15) is 6.10 Å². The van der Waals surface area contributed by atoms with E-state index in [2.05, 4.69) is 53.7 Å². The Labute approximate surface area is 204 Å². The van der Waals surface area contributed by atoms with Crippen molar-refractivity contribution in [2.75, 3.05) is 0 Å². The first-order chi connectivity index (χ1) is 15.6. The minimum atomic E-state index is -0.110. The summed E-state index contributed by atoms with van der Waals surface area (Å²) in [5.74, 6) is 4.41. The second-order valence-corrected chi connectivity index (χ2v) is 13.0. The normalized spacial score (nSPS) is 39.6. The quantitative estimate of drug-likeness (QED) is 0.284. The molecule has 2 unspecified atom stereocenters. The summed E-state index contributed by atoms with van der Waals surface area (Å²) >= 11 is 0. The van der Waals surface area contributed by atoms with Crippen LogP contribution in [0.25, 0.3) is 0 Å². The molecule has 0 aromatic rings. The van der Waals surface area contributed by atoms with Crippen LogP contribution in [0.15, 0.2) is 23.3 Å². The van der Waals surface area contributed by atoms with Gasteiger partial charge in [0.2, 0.25) is 0 Å². The van der Waals surface area contributed by atoms with E-state index in [0.717, 1.165) is 42.4 Å². The topological polar surface area (TPSA) is 26.3 Å². The smallest absolute Gasteiger partial charge is 0.302 e. The third kappa shape index (κ3) is 4.50. The van der Waals surface area contributed by atoms with Gasteiger partial charge in [-0.15, -0.1) is 0 Å². The van der Waals surface area contributed by atoms with Crippen LogP contribution in [0, 0.1) is 46.3 Å². The van der Waals surface area contributed by atoms with E-state index in [-0.39, 0.29) is 12.1 Å². The molecule has 0 amide bonds. The molecule has 8 atom stereocenters. The molecular weight excluding hydrogens is 404 g/mol. The summed E-state index contributed by atoms with van der Waals surface area (Å²) in [6.45, 7) is 16.4. The molecule has 0 aromatic carbocycles. The predicted octanol–water partition coefficient (Wildman–Crippen LogP) is 8.52. The summed E-state index contributed by atoms with van der Waals surface area (Å²) < 4.78 is 5.64. The summed E-state index contributed by atoms with van der Waals surface area (Å²) in [6.07, 6.45) is 18.0. The lowest BCUT2D eigenvalue weighted by Crippen LogP contribution is -2.49. The summed E-state index contributed by atoms with van der Waals surface area (Å²) in [6, 6.07) is 0. The zero-order chi connectivity index (χ0) is 24.0. The van der Waals surface area contributed by atoms with Crippen molar-refractivity contribution in [3.8, 4) is 0 Å². The highest BCUT2D eigenvalue weighted by Gasteiger charge is 2.56. The van der Waals surface area contributed by atoms with Gasteiger partial charge in [-0.2, -0.15) is 0 Å². The van der Waals surface area contributed by atoms with Gasteiger partial charge in [0.05, 0.1) is 0 Å². The standard InChI is InChI=1S/C31H50O2/c1-8-23(20(2)3)10-9-21(4)27-13-14-28-26-12-11-24-19-25(33-22(5)32)15-17-30(24,6)29(26)16-18-31(27,28)7/h12-13,20-21,23-25,28-29H,8-11,14-19H2,1-7H3/t21-,23-,24?,25?,28+,29+,30+,31-/m1/s1. The Morgan fingerprint density at radius 1 is 1.06 bits per heavy atom. The van der Waals surface area contributed by atoms with Gasteiger partial charge in [0.25, 0.3) is 0 Å². The van der Waals surface area contributed by atoms with Gasteiger partial charge in [-0.25, -0.2) is 0 Å². The van der Waals surface area contributed by atoms with Gasteiger partial charge in [-0.05, 0) is 104 Å². The lowest BCUT2D eigenvalue weighted by Gasteiger charge is -2.57. The molecule has 4 aliphatic rings. The number of carbonyl (C=O) groups is 1. The van der Waals surface area contributed by atoms with Gasteiger partial charge >= 0.3 is 5.97 Å². The zero-order valence-electron chi connectivity index (χ0n) is 22.6. The van der Waals surface area contributed by atoms with Crippen molar-refractivity contribution in [2.45, 2.75) is 119 Å². The molecule has 0 aliphatic heterocycles. The number of fused-ring (bicyclic) bond motifs is 5. The summed E-state index contributed by atoms with van der Waals surface area (Å²) in [5.41, 5.74) is 4.36. The van der Waals surface area contributed by atoms with Crippen molar-refractivity contribution >= 4 is 5.97 Å². The number of rotatable bonds is 7. The molecule has 2 fully saturated rings. The van der Waals surface area contributed by atoms with Crippen molar-refractivity contribution in [1.29, 1.82) is 0 Å². The summed E-state index contributed by atoms with van der Waals surface area (Å²) in [7, 11) is 0. The molecule has 2 saturated carbocycles.